The van der Waals surface area contributed by atoms with E-state index in [1.54, 1.807) is 0 Å². The lowest BCUT2D eigenvalue weighted by atomic mass is 9.36. The number of aromatic nitrogens is 4. The number of para-hydroxylation sites is 8. The highest BCUT2D eigenvalue weighted by molar-refractivity contribution is 7.02. The van der Waals surface area contributed by atoms with E-state index in [9.17, 15) is 0 Å². The van der Waals surface area contributed by atoms with Crippen LogP contribution in [0.15, 0.2) is 291 Å². The van der Waals surface area contributed by atoms with Gasteiger partial charge >= 0.3 is 0 Å². The molecule has 0 saturated carbocycles. The van der Waals surface area contributed by atoms with E-state index in [1.807, 2.05) is 0 Å². The largest absolute Gasteiger partial charge is 0.309 e. The lowest BCUT2D eigenvalue weighted by molar-refractivity contribution is 1.17. The average molecular weight is 1240 g/mol. The Kier molecular flexibility index (Phi) is 10.9. The third-order valence-electron chi connectivity index (χ3n) is 22.9. The maximum atomic E-state index is 2.52. The molecule has 98 heavy (non-hydrogen) atoms. The highest BCUT2D eigenvalue weighted by atomic mass is 15.0. The fourth-order valence-electron chi connectivity index (χ4n) is 19.1. The maximum Gasteiger partial charge on any atom is 0.244 e. The second kappa shape index (κ2) is 19.8. The predicted octanol–water partition coefficient (Wildman–Crippen LogP) is 19.2. The molecule has 20 aromatic rings. The molecule has 16 aromatic carbocycles. The molecule has 6 heterocycles. The van der Waals surface area contributed by atoms with Crippen molar-refractivity contribution in [2.24, 2.45) is 0 Å². The number of fused-ring (bicyclic) bond motifs is 18. The Balaban J connectivity index is 0.776. The summed E-state index contributed by atoms with van der Waals surface area (Å²) >= 11 is 0. The summed E-state index contributed by atoms with van der Waals surface area (Å²) in [6, 6.07) is 111. The SMILES string of the molecule is Cc1cc(-n2c3ccccc3c3ccccc32)cc2c1B(c1ccc3ccc4c(B5c6c(C)cc(-n7c8ccccc8c8ccccc87)cc6-c6cc(-n7c8ccccc8c8ccccc87)cc(C)c65)ccc5ccc1c3c54)c1c(C)cc(-n3c4ccccc4c4ccccc43)cc1-2. The summed E-state index contributed by atoms with van der Waals surface area (Å²) in [4.78, 5) is 0. The van der Waals surface area contributed by atoms with Gasteiger partial charge in [0.2, 0.25) is 13.4 Å². The number of hydrogen-bond donors (Lipinski definition) is 0. The molecule has 4 nitrogen and oxygen atoms in total. The zero-order valence-corrected chi connectivity index (χ0v) is 54.7. The van der Waals surface area contributed by atoms with Crippen molar-refractivity contribution in [3.63, 3.8) is 0 Å². The molecule has 0 atom stereocenters. The summed E-state index contributed by atoms with van der Waals surface area (Å²) in [5.74, 6) is 0. The van der Waals surface area contributed by atoms with Crippen molar-refractivity contribution in [1.29, 1.82) is 0 Å². The molecule has 0 radical (unpaired) electrons. The molecule has 0 saturated heterocycles. The fourth-order valence-corrected chi connectivity index (χ4v) is 19.1. The van der Waals surface area contributed by atoms with Crippen LogP contribution in [0.1, 0.15) is 22.3 Å². The topological polar surface area (TPSA) is 19.7 Å². The zero-order chi connectivity index (χ0) is 64.5. The van der Waals surface area contributed by atoms with Crippen LogP contribution in [-0.2, 0) is 0 Å². The van der Waals surface area contributed by atoms with Gasteiger partial charge in [-0.1, -0.05) is 249 Å². The van der Waals surface area contributed by atoms with E-state index in [0.29, 0.717) is 0 Å². The van der Waals surface area contributed by atoms with E-state index in [-0.39, 0.29) is 13.4 Å². The molecule has 22 rings (SSSR count). The third kappa shape index (κ3) is 7.15. The van der Waals surface area contributed by atoms with Crippen molar-refractivity contribution >= 4 is 166 Å². The van der Waals surface area contributed by atoms with Crippen LogP contribution in [0.25, 0.3) is 165 Å². The van der Waals surface area contributed by atoms with Crippen LogP contribution in [0.5, 0.6) is 0 Å². The fraction of sp³-hybridized carbons (Fsp3) is 0.0435. The van der Waals surface area contributed by atoms with Crippen molar-refractivity contribution in [2.75, 3.05) is 0 Å². The van der Waals surface area contributed by atoms with Gasteiger partial charge in [-0.15, -0.1) is 0 Å². The van der Waals surface area contributed by atoms with Gasteiger partial charge in [0.25, 0.3) is 0 Å². The summed E-state index contributed by atoms with van der Waals surface area (Å²) in [5, 5.41) is 17.9. The number of aryl methyl sites for hydroxylation is 4. The van der Waals surface area contributed by atoms with Crippen molar-refractivity contribution < 1.29 is 0 Å². The molecule has 0 fully saturated rings. The Labute approximate surface area is 566 Å². The molecule has 0 aliphatic carbocycles. The van der Waals surface area contributed by atoms with E-state index in [1.165, 1.54) is 220 Å². The number of nitrogens with zero attached hydrogens (tertiary/aromatic N) is 4. The highest BCUT2D eigenvalue weighted by Gasteiger charge is 2.41. The molecule has 2 aliphatic heterocycles. The van der Waals surface area contributed by atoms with Gasteiger partial charge in [0, 0.05) is 65.8 Å². The quantitative estimate of drug-likeness (QED) is 0.117. The van der Waals surface area contributed by atoms with E-state index >= 15 is 0 Å². The minimum atomic E-state index is -0.0326. The molecule has 0 spiro atoms. The second-order valence-corrected chi connectivity index (χ2v) is 28.0. The Morgan fingerprint density at radius 2 is 0.408 bits per heavy atom. The van der Waals surface area contributed by atoms with Gasteiger partial charge in [-0.2, -0.15) is 0 Å². The van der Waals surface area contributed by atoms with Crippen molar-refractivity contribution in [3.8, 4) is 45.0 Å². The first kappa shape index (κ1) is 54.2. The van der Waals surface area contributed by atoms with Gasteiger partial charge in [-0.05, 0) is 179 Å². The lowest BCUT2D eigenvalue weighted by Gasteiger charge is -2.23. The van der Waals surface area contributed by atoms with Gasteiger partial charge in [0.1, 0.15) is 0 Å². The normalized spacial score (nSPS) is 12.9. The first-order valence-electron chi connectivity index (χ1n) is 34.5. The van der Waals surface area contributed by atoms with Crippen LogP contribution in [0, 0.1) is 27.7 Å². The molecule has 454 valence electrons. The smallest absolute Gasteiger partial charge is 0.244 e. The number of benzene rings is 16. The Morgan fingerprint density at radius 3 is 0.633 bits per heavy atom. The molecular formula is C92H60B2N4. The van der Waals surface area contributed by atoms with E-state index in [0.717, 1.165) is 0 Å². The molecule has 0 bridgehead atoms. The molecule has 6 heteroatoms. The standard InChI is InChI=1S/C92H60B2N4/c1-53-45-59(95-79-29-13-5-21-63(79)64-22-6-14-30-80(64)95)49-73-74-50-60(96-81-31-15-7-23-65(81)66-24-8-16-32-82(66)96)46-54(2)90(74)93(89(53)73)77-43-39-57-38-42-72-78(44-40-58-37-41-71(77)87(57)88(58)72)94-91-55(3)47-61(97-83-33-17-9-25-67(83)68-26-10-18-34-84(68)97)51-75(91)76-52-62(48-56(4)92(76)94)98-85-35-19-11-27-69(85)70-28-12-20-36-86(70)98/h5-52H,1-4H3. The van der Waals surface area contributed by atoms with Gasteiger partial charge in [0.15, 0.2) is 0 Å². The van der Waals surface area contributed by atoms with Crippen molar-refractivity contribution in [2.45, 2.75) is 27.7 Å². The van der Waals surface area contributed by atoms with Crippen LogP contribution in [0.3, 0.4) is 0 Å². The molecular weight excluding hydrogens is 1180 g/mol. The maximum absolute atomic E-state index is 2.52. The Hall–Kier alpha value is -12.1. The summed E-state index contributed by atoms with van der Waals surface area (Å²) < 4.78 is 10.0. The predicted molar refractivity (Wildman–Crippen MR) is 420 cm³/mol. The van der Waals surface area contributed by atoms with Gasteiger partial charge < -0.3 is 18.3 Å². The summed E-state index contributed by atoms with van der Waals surface area (Å²) in [7, 11) is 0. The zero-order valence-electron chi connectivity index (χ0n) is 54.7. The molecule has 0 amide bonds. The van der Waals surface area contributed by atoms with Crippen LogP contribution in [-0.4, -0.2) is 31.7 Å². The third-order valence-corrected chi connectivity index (χ3v) is 22.9. The molecule has 2 aliphatic rings. The minimum Gasteiger partial charge on any atom is -0.309 e. The highest BCUT2D eigenvalue weighted by Crippen LogP contribution is 2.43. The van der Waals surface area contributed by atoms with E-state index < -0.39 is 0 Å². The van der Waals surface area contributed by atoms with Crippen molar-refractivity contribution in [1.82, 2.24) is 18.3 Å². The van der Waals surface area contributed by atoms with Crippen LogP contribution in [0.2, 0.25) is 0 Å². The second-order valence-electron chi connectivity index (χ2n) is 28.0. The summed E-state index contributed by atoms with van der Waals surface area (Å²) in [6.07, 6.45) is 0. The Bertz CT molecular complexity index is 5980. The van der Waals surface area contributed by atoms with Gasteiger partial charge in [-0.25, -0.2) is 0 Å². The first-order chi connectivity index (χ1) is 48.3. The summed E-state index contributed by atoms with van der Waals surface area (Å²) in [5.41, 5.74) is 33.0. The summed E-state index contributed by atoms with van der Waals surface area (Å²) in [6.45, 7) is 9.43. The average Bonchev–Trinajstić information content (AvgIpc) is 1.40. The van der Waals surface area contributed by atoms with Crippen LogP contribution < -0.4 is 32.8 Å². The number of hydrogen-bond acceptors (Lipinski definition) is 0. The van der Waals surface area contributed by atoms with Gasteiger partial charge in [0.05, 0.1) is 44.1 Å². The van der Waals surface area contributed by atoms with Crippen molar-refractivity contribution in [3.05, 3.63) is 313 Å². The van der Waals surface area contributed by atoms with E-state index in [2.05, 4.69) is 337 Å². The Morgan fingerprint density at radius 1 is 0.204 bits per heavy atom. The van der Waals surface area contributed by atoms with Crippen LogP contribution in [0.4, 0.5) is 0 Å². The molecule has 0 N–H and O–H groups in total. The monoisotopic (exact) mass is 1240 g/mol. The van der Waals surface area contributed by atoms with Gasteiger partial charge in [-0.3, -0.25) is 0 Å². The molecule has 0 unspecified atom stereocenters. The van der Waals surface area contributed by atoms with Crippen LogP contribution >= 0.6 is 0 Å². The lowest BCUT2D eigenvalue weighted by Crippen LogP contribution is -2.51. The molecule has 4 aromatic heterocycles. The van der Waals surface area contributed by atoms with E-state index in [4.69, 9.17) is 0 Å². The minimum absolute atomic E-state index is 0.0326. The number of rotatable bonds is 6. The first-order valence-corrected chi connectivity index (χ1v) is 34.5.